The zero-order valence-corrected chi connectivity index (χ0v) is 12.8. The van der Waals surface area contributed by atoms with Gasteiger partial charge in [0.15, 0.2) is 0 Å². The van der Waals surface area contributed by atoms with E-state index in [2.05, 4.69) is 6.92 Å². The molecule has 0 aliphatic carbocycles. The van der Waals surface area contributed by atoms with Gasteiger partial charge in [-0.3, -0.25) is 0 Å². The lowest BCUT2D eigenvalue weighted by molar-refractivity contribution is 0.482. The molecule has 20 heavy (non-hydrogen) atoms. The van der Waals surface area contributed by atoms with Crippen LogP contribution < -0.4 is 10.5 Å². The van der Waals surface area contributed by atoms with E-state index in [1.54, 1.807) is 12.1 Å². The number of ether oxygens (including phenoxy) is 1. The van der Waals surface area contributed by atoms with Gasteiger partial charge in [0, 0.05) is 11.1 Å². The number of nitrogens with two attached hydrogens (primary N) is 1. The number of halogens is 2. The van der Waals surface area contributed by atoms with E-state index in [1.807, 2.05) is 30.3 Å². The molecule has 0 fully saturated rings. The Kier molecular flexibility index (Phi) is 5.30. The van der Waals surface area contributed by atoms with Crippen LogP contribution in [-0.4, -0.2) is 6.04 Å². The highest BCUT2D eigenvalue weighted by molar-refractivity contribution is 6.32. The van der Waals surface area contributed by atoms with Crippen molar-refractivity contribution in [2.75, 3.05) is 0 Å². The molecule has 0 aromatic heterocycles. The molecular formula is C16H17Cl2NO. The Labute approximate surface area is 129 Å². The van der Waals surface area contributed by atoms with Crippen molar-refractivity contribution in [3.63, 3.8) is 0 Å². The van der Waals surface area contributed by atoms with Crippen molar-refractivity contribution in [1.29, 1.82) is 0 Å². The van der Waals surface area contributed by atoms with Crippen LogP contribution in [0.4, 0.5) is 0 Å². The Morgan fingerprint density at radius 1 is 1.15 bits per heavy atom. The normalized spacial score (nSPS) is 12.2. The van der Waals surface area contributed by atoms with Crippen molar-refractivity contribution in [1.82, 2.24) is 0 Å². The summed E-state index contributed by atoms with van der Waals surface area (Å²) in [5.41, 5.74) is 7.06. The van der Waals surface area contributed by atoms with E-state index in [0.717, 1.165) is 18.4 Å². The first kappa shape index (κ1) is 15.2. The third-order valence-corrected chi connectivity index (χ3v) is 3.57. The molecule has 2 aromatic carbocycles. The third kappa shape index (κ3) is 4.14. The second kappa shape index (κ2) is 6.98. The van der Waals surface area contributed by atoms with Crippen molar-refractivity contribution in [2.24, 2.45) is 5.73 Å². The zero-order chi connectivity index (χ0) is 14.5. The summed E-state index contributed by atoms with van der Waals surface area (Å²) >= 11 is 12.2. The topological polar surface area (TPSA) is 35.2 Å². The molecule has 0 spiro atoms. The smallest absolute Gasteiger partial charge is 0.146 e. The first-order chi connectivity index (χ1) is 9.58. The van der Waals surface area contributed by atoms with Crippen LogP contribution in [0.3, 0.4) is 0 Å². The monoisotopic (exact) mass is 309 g/mol. The van der Waals surface area contributed by atoms with Gasteiger partial charge in [0.2, 0.25) is 0 Å². The molecule has 106 valence electrons. The predicted octanol–water partition coefficient (Wildman–Crippen LogP) is 5.07. The van der Waals surface area contributed by atoms with Crippen molar-refractivity contribution >= 4 is 23.2 Å². The molecule has 0 bridgehead atoms. The van der Waals surface area contributed by atoms with Crippen molar-refractivity contribution in [3.8, 4) is 11.5 Å². The summed E-state index contributed by atoms with van der Waals surface area (Å²) in [5.74, 6) is 1.28. The summed E-state index contributed by atoms with van der Waals surface area (Å²) in [7, 11) is 0. The molecule has 0 heterocycles. The molecule has 0 aliphatic rings. The molecule has 1 unspecified atom stereocenters. The number of hydrogen-bond donors (Lipinski definition) is 1. The van der Waals surface area contributed by atoms with Gasteiger partial charge in [-0.25, -0.2) is 0 Å². The van der Waals surface area contributed by atoms with Crippen LogP contribution >= 0.6 is 23.2 Å². The summed E-state index contributed by atoms with van der Waals surface area (Å²) in [4.78, 5) is 0. The Morgan fingerprint density at radius 3 is 2.60 bits per heavy atom. The molecule has 2 rings (SSSR count). The standard InChI is InChI=1S/C16H17Cl2NO/c1-2-13(19)8-11-6-7-16(15(18)9-11)20-14-5-3-4-12(17)10-14/h3-7,9-10,13H,2,8,19H2,1H3. The minimum Gasteiger partial charge on any atom is -0.456 e. The van der Waals surface area contributed by atoms with Crippen LogP contribution in [0.25, 0.3) is 0 Å². The zero-order valence-electron chi connectivity index (χ0n) is 11.3. The SMILES string of the molecule is CCC(N)Cc1ccc(Oc2cccc(Cl)c2)c(Cl)c1. The maximum atomic E-state index is 6.25. The lowest BCUT2D eigenvalue weighted by Gasteiger charge is -2.12. The highest BCUT2D eigenvalue weighted by Crippen LogP contribution is 2.31. The lowest BCUT2D eigenvalue weighted by Crippen LogP contribution is -2.21. The van der Waals surface area contributed by atoms with E-state index < -0.39 is 0 Å². The average molecular weight is 310 g/mol. The molecule has 2 aromatic rings. The number of hydrogen-bond acceptors (Lipinski definition) is 2. The molecule has 0 amide bonds. The van der Waals surface area contributed by atoms with Gasteiger partial charge in [0.25, 0.3) is 0 Å². The highest BCUT2D eigenvalue weighted by Gasteiger charge is 2.07. The van der Waals surface area contributed by atoms with Crippen LogP contribution in [0.2, 0.25) is 10.0 Å². The van der Waals surface area contributed by atoms with Gasteiger partial charge in [-0.1, -0.05) is 42.3 Å². The van der Waals surface area contributed by atoms with Gasteiger partial charge >= 0.3 is 0 Å². The van der Waals surface area contributed by atoms with Crippen LogP contribution in [0.15, 0.2) is 42.5 Å². The van der Waals surface area contributed by atoms with Gasteiger partial charge in [0.1, 0.15) is 11.5 Å². The molecule has 0 radical (unpaired) electrons. The minimum atomic E-state index is 0.158. The van der Waals surface area contributed by atoms with Gasteiger partial charge in [-0.15, -0.1) is 0 Å². The Morgan fingerprint density at radius 2 is 1.95 bits per heavy atom. The summed E-state index contributed by atoms with van der Waals surface area (Å²) < 4.78 is 5.73. The van der Waals surface area contributed by atoms with E-state index >= 15 is 0 Å². The third-order valence-electron chi connectivity index (χ3n) is 3.04. The first-order valence-electron chi connectivity index (χ1n) is 6.56. The molecule has 2 nitrogen and oxygen atoms in total. The van der Waals surface area contributed by atoms with Gasteiger partial charge in [-0.2, -0.15) is 0 Å². The van der Waals surface area contributed by atoms with E-state index in [0.29, 0.717) is 21.5 Å². The minimum absolute atomic E-state index is 0.158. The first-order valence-corrected chi connectivity index (χ1v) is 7.31. The number of rotatable bonds is 5. The molecule has 0 saturated heterocycles. The maximum absolute atomic E-state index is 6.25. The molecular weight excluding hydrogens is 293 g/mol. The quantitative estimate of drug-likeness (QED) is 0.837. The fourth-order valence-corrected chi connectivity index (χ4v) is 2.28. The van der Waals surface area contributed by atoms with E-state index in [4.69, 9.17) is 33.7 Å². The van der Waals surface area contributed by atoms with Crippen molar-refractivity contribution < 1.29 is 4.74 Å². The van der Waals surface area contributed by atoms with E-state index in [1.165, 1.54) is 0 Å². The summed E-state index contributed by atoms with van der Waals surface area (Å²) in [5, 5.41) is 1.20. The van der Waals surface area contributed by atoms with Crippen LogP contribution in [0, 0.1) is 0 Å². The van der Waals surface area contributed by atoms with Gasteiger partial charge in [-0.05, 0) is 48.7 Å². The average Bonchev–Trinajstić information content (AvgIpc) is 2.42. The molecule has 0 aliphatic heterocycles. The molecule has 4 heteroatoms. The largest absolute Gasteiger partial charge is 0.456 e. The van der Waals surface area contributed by atoms with Crippen molar-refractivity contribution in [3.05, 3.63) is 58.1 Å². The van der Waals surface area contributed by atoms with Crippen molar-refractivity contribution in [2.45, 2.75) is 25.8 Å². The lowest BCUT2D eigenvalue weighted by atomic mass is 10.0. The molecule has 2 N–H and O–H groups in total. The Hall–Kier alpha value is -1.22. The van der Waals surface area contributed by atoms with Crippen LogP contribution in [0.5, 0.6) is 11.5 Å². The Balaban J connectivity index is 2.13. The number of benzene rings is 2. The van der Waals surface area contributed by atoms with E-state index in [-0.39, 0.29) is 6.04 Å². The maximum Gasteiger partial charge on any atom is 0.146 e. The van der Waals surface area contributed by atoms with Gasteiger partial charge in [0.05, 0.1) is 5.02 Å². The fourth-order valence-electron chi connectivity index (χ4n) is 1.86. The predicted molar refractivity (Wildman–Crippen MR) is 84.9 cm³/mol. The fraction of sp³-hybridized carbons (Fsp3) is 0.250. The van der Waals surface area contributed by atoms with Crippen LogP contribution in [0.1, 0.15) is 18.9 Å². The molecule has 1 atom stereocenters. The molecule has 0 saturated carbocycles. The summed E-state index contributed by atoms with van der Waals surface area (Å²) in [6.07, 6.45) is 1.76. The summed E-state index contributed by atoms with van der Waals surface area (Å²) in [6.45, 7) is 2.07. The van der Waals surface area contributed by atoms with E-state index in [9.17, 15) is 0 Å². The Bertz CT molecular complexity index is 586. The van der Waals surface area contributed by atoms with Crippen LogP contribution in [-0.2, 0) is 6.42 Å². The second-order valence-corrected chi connectivity index (χ2v) is 5.54. The summed E-state index contributed by atoms with van der Waals surface area (Å²) in [6, 6.07) is 13.1. The highest BCUT2D eigenvalue weighted by atomic mass is 35.5. The van der Waals surface area contributed by atoms with Gasteiger partial charge < -0.3 is 10.5 Å². The second-order valence-electron chi connectivity index (χ2n) is 4.70.